The smallest absolute Gasteiger partial charge is 0.0462 e. The molecule has 0 aliphatic carbocycles. The Morgan fingerprint density at radius 1 is 0.214 bits per heavy atom. The summed E-state index contributed by atoms with van der Waals surface area (Å²) in [6.07, 6.45) is 9.00. The van der Waals surface area contributed by atoms with Gasteiger partial charge in [-0.3, -0.25) is 0 Å². The molecule has 2 heteroatoms. The van der Waals surface area contributed by atoms with Gasteiger partial charge in [0.05, 0.1) is 0 Å². The Labute approximate surface area is 409 Å². The van der Waals surface area contributed by atoms with Crippen molar-refractivity contribution in [1.82, 2.24) is 0 Å². The van der Waals surface area contributed by atoms with E-state index in [0.717, 1.165) is 56.4 Å². The summed E-state index contributed by atoms with van der Waals surface area (Å²) in [5.74, 6) is 0. The highest BCUT2D eigenvalue weighted by Crippen LogP contribution is 2.39. The summed E-state index contributed by atoms with van der Waals surface area (Å²) in [5, 5.41) is 10.0. The lowest BCUT2D eigenvalue weighted by Crippen LogP contribution is -2.10. The van der Waals surface area contributed by atoms with Gasteiger partial charge in [0.1, 0.15) is 0 Å². The fourth-order valence-electron chi connectivity index (χ4n) is 9.94. The van der Waals surface area contributed by atoms with E-state index < -0.39 is 0 Å². The van der Waals surface area contributed by atoms with Gasteiger partial charge in [-0.15, -0.1) is 0 Å². The van der Waals surface area contributed by atoms with Gasteiger partial charge in [0.15, 0.2) is 0 Å². The zero-order valence-electron chi connectivity index (χ0n) is 38.6. The van der Waals surface area contributed by atoms with E-state index in [1.807, 2.05) is 0 Å². The van der Waals surface area contributed by atoms with Crippen LogP contribution >= 0.6 is 0 Å². The maximum atomic E-state index is 2.32. The monoisotopic (exact) mass is 892 g/mol. The lowest BCUT2D eigenvalue weighted by Gasteiger charge is -2.26. The minimum atomic E-state index is 1.09. The van der Waals surface area contributed by atoms with Gasteiger partial charge in [-0.1, -0.05) is 206 Å². The highest BCUT2D eigenvalue weighted by Gasteiger charge is 2.15. The molecule has 0 aliphatic rings. The number of anilines is 6. The molecular formula is C68H48N2. The zero-order valence-corrected chi connectivity index (χ0v) is 38.6. The van der Waals surface area contributed by atoms with E-state index in [9.17, 15) is 0 Å². The first kappa shape index (κ1) is 42.1. The van der Waals surface area contributed by atoms with E-state index in [0.29, 0.717) is 0 Å². The van der Waals surface area contributed by atoms with E-state index in [2.05, 4.69) is 301 Å². The van der Waals surface area contributed by atoms with Gasteiger partial charge in [0, 0.05) is 34.1 Å². The minimum Gasteiger partial charge on any atom is -0.311 e. The number of hydrogen-bond acceptors (Lipinski definition) is 2. The molecular weight excluding hydrogens is 845 g/mol. The number of hydrogen-bond donors (Lipinski definition) is 0. The van der Waals surface area contributed by atoms with Crippen molar-refractivity contribution >= 4 is 102 Å². The van der Waals surface area contributed by atoms with Crippen LogP contribution in [0.2, 0.25) is 0 Å². The Morgan fingerprint density at radius 3 is 0.786 bits per heavy atom. The van der Waals surface area contributed by atoms with Crippen LogP contribution in [0.15, 0.2) is 267 Å². The highest BCUT2D eigenvalue weighted by molar-refractivity contribution is 6.09. The summed E-state index contributed by atoms with van der Waals surface area (Å²) in [5.41, 5.74) is 13.7. The van der Waals surface area contributed by atoms with Crippen LogP contribution in [0.5, 0.6) is 0 Å². The third-order valence-electron chi connectivity index (χ3n) is 13.4. The van der Waals surface area contributed by atoms with E-state index in [-0.39, 0.29) is 0 Å². The molecule has 0 unspecified atom stereocenters. The topological polar surface area (TPSA) is 6.48 Å². The van der Waals surface area contributed by atoms with Gasteiger partial charge in [-0.25, -0.2) is 0 Å². The molecule has 0 spiro atoms. The Balaban J connectivity index is 0.801. The fourth-order valence-corrected chi connectivity index (χ4v) is 9.94. The maximum absolute atomic E-state index is 2.32. The summed E-state index contributed by atoms with van der Waals surface area (Å²) in [6.45, 7) is 0. The number of benzene rings is 12. The standard InChI is InChI=1S/C68H48N2/c1-3-19-57(20-4-1)69(59-37-27-49(28-38-59)31-45-67-63-23-11-7-15-53(63)47-54-16-8-12-24-64(54)67)61-41-33-51(34-42-61)52-35-43-62(44-36-52)70(58-21-5-2-6-22-58)60-39-29-50(30-40-60)32-46-68-65-25-13-9-17-55(65)48-56-18-10-14-26-66(56)68/h1-48H. The molecule has 0 atom stereocenters. The normalized spacial score (nSPS) is 11.6. The predicted molar refractivity (Wildman–Crippen MR) is 302 cm³/mol. The van der Waals surface area contributed by atoms with Gasteiger partial charge in [-0.2, -0.15) is 0 Å². The Morgan fingerprint density at radius 2 is 0.471 bits per heavy atom. The van der Waals surface area contributed by atoms with Crippen LogP contribution in [0.25, 0.3) is 78.5 Å². The summed E-state index contributed by atoms with van der Waals surface area (Å²) in [4.78, 5) is 4.64. The second-order valence-electron chi connectivity index (χ2n) is 17.8. The quantitative estimate of drug-likeness (QED) is 0.0943. The van der Waals surface area contributed by atoms with Crippen LogP contribution in [-0.2, 0) is 0 Å². The molecule has 0 saturated carbocycles. The van der Waals surface area contributed by atoms with E-state index in [4.69, 9.17) is 0 Å². The maximum Gasteiger partial charge on any atom is 0.0462 e. The van der Waals surface area contributed by atoms with Gasteiger partial charge in [-0.05, 0) is 161 Å². The summed E-state index contributed by atoms with van der Waals surface area (Å²) in [7, 11) is 0. The molecule has 12 aromatic rings. The second kappa shape index (κ2) is 18.8. The van der Waals surface area contributed by atoms with E-state index in [1.165, 1.54) is 54.2 Å². The molecule has 0 fully saturated rings. The first-order chi connectivity index (χ1) is 34.7. The van der Waals surface area contributed by atoms with Crippen molar-refractivity contribution in [3.8, 4) is 11.1 Å². The average molecular weight is 893 g/mol. The lowest BCUT2D eigenvalue weighted by atomic mass is 9.96. The molecule has 0 amide bonds. The summed E-state index contributed by atoms with van der Waals surface area (Å²) in [6, 6.07) is 96.0. The molecule has 70 heavy (non-hydrogen) atoms. The summed E-state index contributed by atoms with van der Waals surface area (Å²) >= 11 is 0. The molecule has 0 aliphatic heterocycles. The van der Waals surface area contributed by atoms with Gasteiger partial charge < -0.3 is 9.80 Å². The number of fused-ring (bicyclic) bond motifs is 4. The van der Waals surface area contributed by atoms with Gasteiger partial charge in [0.2, 0.25) is 0 Å². The molecule has 0 saturated heterocycles. The molecule has 0 radical (unpaired) electrons. The van der Waals surface area contributed by atoms with Crippen molar-refractivity contribution in [3.05, 3.63) is 289 Å². The third-order valence-corrected chi connectivity index (χ3v) is 13.4. The van der Waals surface area contributed by atoms with Crippen molar-refractivity contribution < 1.29 is 0 Å². The van der Waals surface area contributed by atoms with Gasteiger partial charge >= 0.3 is 0 Å². The third kappa shape index (κ3) is 8.40. The van der Waals surface area contributed by atoms with Crippen molar-refractivity contribution in [2.75, 3.05) is 9.80 Å². The Hall–Kier alpha value is -9.24. The second-order valence-corrected chi connectivity index (χ2v) is 17.8. The Kier molecular flexibility index (Phi) is 11.3. The fraction of sp³-hybridized carbons (Fsp3) is 0. The molecule has 2 nitrogen and oxygen atoms in total. The molecule has 12 rings (SSSR count). The van der Waals surface area contributed by atoms with Crippen LogP contribution in [0.3, 0.4) is 0 Å². The summed E-state index contributed by atoms with van der Waals surface area (Å²) < 4.78 is 0. The van der Waals surface area contributed by atoms with Crippen LogP contribution in [0.4, 0.5) is 34.1 Å². The highest BCUT2D eigenvalue weighted by atomic mass is 15.1. The van der Waals surface area contributed by atoms with Crippen LogP contribution in [-0.4, -0.2) is 0 Å². The predicted octanol–water partition coefficient (Wildman–Crippen LogP) is 19.2. The van der Waals surface area contributed by atoms with E-state index >= 15 is 0 Å². The molecule has 12 aromatic carbocycles. The molecule has 330 valence electrons. The van der Waals surface area contributed by atoms with Crippen LogP contribution in [0.1, 0.15) is 22.3 Å². The van der Waals surface area contributed by atoms with Crippen LogP contribution < -0.4 is 9.80 Å². The van der Waals surface area contributed by atoms with Crippen LogP contribution in [0, 0.1) is 0 Å². The molecule has 0 heterocycles. The van der Waals surface area contributed by atoms with Crippen molar-refractivity contribution in [2.24, 2.45) is 0 Å². The first-order valence-electron chi connectivity index (χ1n) is 24.0. The average Bonchev–Trinajstić information content (AvgIpc) is 3.43. The minimum absolute atomic E-state index is 1.09. The number of rotatable bonds is 11. The molecule has 0 aromatic heterocycles. The van der Waals surface area contributed by atoms with Crippen molar-refractivity contribution in [2.45, 2.75) is 0 Å². The number of nitrogens with zero attached hydrogens (tertiary/aromatic N) is 2. The van der Waals surface area contributed by atoms with E-state index in [1.54, 1.807) is 0 Å². The Bertz CT molecular complexity index is 3470. The zero-order chi connectivity index (χ0) is 46.6. The first-order valence-corrected chi connectivity index (χ1v) is 24.0. The number of para-hydroxylation sites is 2. The largest absolute Gasteiger partial charge is 0.311 e. The molecule has 0 bridgehead atoms. The lowest BCUT2D eigenvalue weighted by molar-refractivity contribution is 1.28. The van der Waals surface area contributed by atoms with Crippen molar-refractivity contribution in [3.63, 3.8) is 0 Å². The van der Waals surface area contributed by atoms with Gasteiger partial charge in [0.25, 0.3) is 0 Å². The SMILES string of the molecule is C(=Cc1c2ccccc2cc2ccccc12)c1ccc(N(c2ccccc2)c2ccc(-c3ccc(N(c4ccccc4)c4ccc(C=Cc5c6ccccc6cc6ccccc56)cc4)cc3)cc2)cc1. The molecule has 0 N–H and O–H groups in total. The van der Waals surface area contributed by atoms with Crippen molar-refractivity contribution in [1.29, 1.82) is 0 Å².